The number of aryl methyl sites for hydroxylation is 1. The Bertz CT molecular complexity index is 1320. The quantitative estimate of drug-likeness (QED) is 0.440. The SMILES string of the molecule is Cn1cc(C[C@@H](NC(=O)OC(C)(C)C)C(=O)NCCc2nnc3ccccn23)c2ccccc21. The Hall–Kier alpha value is -3.88. The number of ether oxygens (including phenoxy) is 1. The van der Waals surface area contributed by atoms with Crippen molar-refractivity contribution in [3.05, 3.63) is 66.2 Å². The highest BCUT2D eigenvalue weighted by atomic mass is 16.6. The molecule has 0 aliphatic rings. The fourth-order valence-electron chi connectivity index (χ4n) is 3.95. The number of nitrogens with one attached hydrogen (secondary N) is 2. The molecular weight excluding hydrogens is 432 g/mol. The van der Waals surface area contributed by atoms with Gasteiger partial charge in [-0.25, -0.2) is 4.79 Å². The minimum atomic E-state index is -0.796. The minimum absolute atomic E-state index is 0.285. The minimum Gasteiger partial charge on any atom is -0.444 e. The van der Waals surface area contributed by atoms with Crippen molar-refractivity contribution in [2.75, 3.05) is 6.54 Å². The first-order valence-corrected chi connectivity index (χ1v) is 11.3. The third-order valence-electron chi connectivity index (χ3n) is 5.44. The van der Waals surface area contributed by atoms with Crippen LogP contribution in [0.3, 0.4) is 0 Å². The van der Waals surface area contributed by atoms with Gasteiger partial charge in [0.1, 0.15) is 17.5 Å². The van der Waals surface area contributed by atoms with Crippen LogP contribution in [0.1, 0.15) is 32.2 Å². The van der Waals surface area contributed by atoms with E-state index in [9.17, 15) is 9.59 Å². The molecule has 0 radical (unpaired) electrons. The molecule has 2 amide bonds. The van der Waals surface area contributed by atoms with Crippen molar-refractivity contribution in [3.8, 4) is 0 Å². The monoisotopic (exact) mass is 462 g/mol. The Labute approximate surface area is 198 Å². The molecule has 0 saturated heterocycles. The third kappa shape index (κ3) is 5.36. The maximum atomic E-state index is 13.2. The van der Waals surface area contributed by atoms with E-state index in [0.717, 1.165) is 27.9 Å². The number of benzene rings is 1. The van der Waals surface area contributed by atoms with Gasteiger partial charge in [-0.05, 0) is 44.5 Å². The van der Waals surface area contributed by atoms with E-state index in [1.807, 2.05) is 70.9 Å². The van der Waals surface area contributed by atoms with Crippen molar-refractivity contribution in [1.29, 1.82) is 0 Å². The van der Waals surface area contributed by atoms with Gasteiger partial charge in [0.25, 0.3) is 0 Å². The largest absolute Gasteiger partial charge is 0.444 e. The number of carbonyl (C=O) groups is 2. The average molecular weight is 463 g/mol. The van der Waals surface area contributed by atoms with E-state index >= 15 is 0 Å². The van der Waals surface area contributed by atoms with E-state index < -0.39 is 17.7 Å². The molecule has 0 aliphatic heterocycles. The zero-order chi connectivity index (χ0) is 24.3. The first kappa shape index (κ1) is 23.3. The zero-order valence-corrected chi connectivity index (χ0v) is 19.9. The number of pyridine rings is 1. The molecule has 1 atom stereocenters. The Kier molecular flexibility index (Phi) is 6.54. The van der Waals surface area contributed by atoms with Crippen LogP contribution in [0.5, 0.6) is 0 Å². The van der Waals surface area contributed by atoms with Gasteiger partial charge in [0.2, 0.25) is 5.91 Å². The van der Waals surface area contributed by atoms with Crippen LogP contribution in [0.4, 0.5) is 4.79 Å². The summed E-state index contributed by atoms with van der Waals surface area (Å²) in [6.45, 7) is 5.72. The van der Waals surface area contributed by atoms with Crippen molar-refractivity contribution in [2.45, 2.75) is 45.3 Å². The summed E-state index contributed by atoms with van der Waals surface area (Å²) < 4.78 is 9.31. The van der Waals surface area contributed by atoms with Crippen LogP contribution in [0.2, 0.25) is 0 Å². The number of carbonyl (C=O) groups excluding carboxylic acids is 2. The molecule has 0 saturated carbocycles. The van der Waals surface area contributed by atoms with Gasteiger partial charge < -0.3 is 19.9 Å². The normalized spacial score (nSPS) is 12.6. The second-order valence-corrected chi connectivity index (χ2v) is 9.27. The summed E-state index contributed by atoms with van der Waals surface area (Å²) in [6, 6.07) is 12.9. The molecule has 3 aromatic heterocycles. The average Bonchev–Trinajstić information content (AvgIpc) is 3.33. The van der Waals surface area contributed by atoms with Crippen molar-refractivity contribution in [1.82, 2.24) is 29.8 Å². The lowest BCUT2D eigenvalue weighted by Crippen LogP contribution is -2.49. The first-order valence-electron chi connectivity index (χ1n) is 11.3. The maximum absolute atomic E-state index is 13.2. The van der Waals surface area contributed by atoms with E-state index in [1.54, 1.807) is 20.8 Å². The zero-order valence-electron chi connectivity index (χ0n) is 19.9. The predicted octanol–water partition coefficient (Wildman–Crippen LogP) is 3.02. The molecule has 0 spiro atoms. The van der Waals surface area contributed by atoms with Crippen LogP contribution in [-0.4, -0.2) is 49.4 Å². The van der Waals surface area contributed by atoms with Crippen LogP contribution in [0, 0.1) is 0 Å². The highest BCUT2D eigenvalue weighted by molar-refractivity contribution is 5.88. The summed E-state index contributed by atoms with van der Waals surface area (Å²) >= 11 is 0. The highest BCUT2D eigenvalue weighted by Crippen LogP contribution is 2.22. The highest BCUT2D eigenvalue weighted by Gasteiger charge is 2.26. The molecule has 178 valence electrons. The molecule has 0 fully saturated rings. The molecule has 4 aromatic rings. The molecule has 9 heteroatoms. The first-order chi connectivity index (χ1) is 16.2. The second-order valence-electron chi connectivity index (χ2n) is 9.27. The van der Waals surface area contributed by atoms with Crippen LogP contribution in [0.25, 0.3) is 16.6 Å². The van der Waals surface area contributed by atoms with E-state index in [4.69, 9.17) is 4.74 Å². The standard InChI is InChI=1S/C25H30N6O3/c1-25(2,3)34-24(33)27-19(15-17-16-30(4)20-10-6-5-9-18(17)20)23(32)26-13-12-22-29-28-21-11-7-8-14-31(21)22/h5-11,14,16,19H,12-13,15H2,1-4H3,(H,26,32)(H,27,33)/t19-/m1/s1. The topological polar surface area (TPSA) is 103 Å². The summed E-state index contributed by atoms with van der Waals surface area (Å²) in [5, 5.41) is 15.1. The molecule has 2 N–H and O–H groups in total. The van der Waals surface area contributed by atoms with E-state index in [0.29, 0.717) is 19.4 Å². The fourth-order valence-corrected chi connectivity index (χ4v) is 3.95. The molecule has 0 unspecified atom stereocenters. The van der Waals surface area contributed by atoms with Crippen LogP contribution < -0.4 is 10.6 Å². The Morgan fingerprint density at radius 1 is 1.09 bits per heavy atom. The third-order valence-corrected chi connectivity index (χ3v) is 5.44. The number of aromatic nitrogens is 4. The second kappa shape index (κ2) is 9.54. The van der Waals surface area contributed by atoms with Gasteiger partial charge in [0.15, 0.2) is 5.65 Å². The van der Waals surface area contributed by atoms with Gasteiger partial charge in [0.05, 0.1) is 0 Å². The number of fused-ring (bicyclic) bond motifs is 2. The number of para-hydroxylation sites is 1. The Balaban J connectivity index is 1.48. The molecule has 34 heavy (non-hydrogen) atoms. The predicted molar refractivity (Wildman–Crippen MR) is 129 cm³/mol. The number of hydrogen-bond donors (Lipinski definition) is 2. The smallest absolute Gasteiger partial charge is 0.408 e. The molecule has 0 bridgehead atoms. The van der Waals surface area contributed by atoms with Gasteiger partial charge in [-0.1, -0.05) is 24.3 Å². The summed E-state index contributed by atoms with van der Waals surface area (Å²) in [5.74, 6) is 0.467. The lowest BCUT2D eigenvalue weighted by molar-refractivity contribution is -0.123. The van der Waals surface area contributed by atoms with E-state index in [-0.39, 0.29) is 5.91 Å². The number of alkyl carbamates (subject to hydrolysis) is 1. The number of rotatable bonds is 7. The van der Waals surface area contributed by atoms with Gasteiger partial charge >= 0.3 is 6.09 Å². The summed E-state index contributed by atoms with van der Waals surface area (Å²) in [4.78, 5) is 25.7. The number of hydrogen-bond acceptors (Lipinski definition) is 5. The molecule has 0 aliphatic carbocycles. The molecule has 1 aromatic carbocycles. The van der Waals surface area contributed by atoms with Gasteiger partial charge in [-0.15, -0.1) is 10.2 Å². The summed E-state index contributed by atoms with van der Waals surface area (Å²) in [6.07, 6.45) is 4.09. The van der Waals surface area contributed by atoms with E-state index in [1.165, 1.54) is 0 Å². The van der Waals surface area contributed by atoms with Gasteiger partial charge in [-0.3, -0.25) is 9.20 Å². The van der Waals surface area contributed by atoms with Crippen LogP contribution >= 0.6 is 0 Å². The fraction of sp³-hybridized carbons (Fsp3) is 0.360. The summed E-state index contributed by atoms with van der Waals surface area (Å²) in [5.41, 5.74) is 2.12. The van der Waals surface area contributed by atoms with Gasteiger partial charge in [0, 0.05) is 49.7 Å². The summed E-state index contributed by atoms with van der Waals surface area (Å²) in [7, 11) is 1.96. The lowest BCUT2D eigenvalue weighted by Gasteiger charge is -2.23. The lowest BCUT2D eigenvalue weighted by atomic mass is 10.0. The van der Waals surface area contributed by atoms with Crippen molar-refractivity contribution < 1.29 is 14.3 Å². The van der Waals surface area contributed by atoms with Crippen molar-refractivity contribution in [2.24, 2.45) is 7.05 Å². The Morgan fingerprint density at radius 2 is 1.85 bits per heavy atom. The Morgan fingerprint density at radius 3 is 2.65 bits per heavy atom. The number of amides is 2. The van der Waals surface area contributed by atoms with Gasteiger partial charge in [-0.2, -0.15) is 0 Å². The van der Waals surface area contributed by atoms with E-state index in [2.05, 4.69) is 20.8 Å². The maximum Gasteiger partial charge on any atom is 0.408 e. The van der Waals surface area contributed by atoms with Crippen molar-refractivity contribution >= 4 is 28.6 Å². The molecular formula is C25H30N6O3. The molecule has 9 nitrogen and oxygen atoms in total. The van der Waals surface area contributed by atoms with Crippen molar-refractivity contribution in [3.63, 3.8) is 0 Å². The van der Waals surface area contributed by atoms with Crippen LogP contribution in [0.15, 0.2) is 54.9 Å². The van der Waals surface area contributed by atoms with Crippen LogP contribution in [-0.2, 0) is 29.4 Å². The number of nitrogens with zero attached hydrogens (tertiary/aromatic N) is 4. The molecule has 3 heterocycles. The molecule has 4 rings (SSSR count).